The first-order valence-electron chi connectivity index (χ1n) is 11.1. The number of methoxy groups -OCH3 is 1. The fourth-order valence-electron chi connectivity index (χ4n) is 4.32. The number of fused-ring (bicyclic) bond motifs is 1. The lowest BCUT2D eigenvalue weighted by Crippen LogP contribution is -2.50. The number of rotatable bonds is 5. The molecule has 0 spiro atoms. The molecule has 4 rings (SSSR count). The third kappa shape index (κ3) is 9.24. The van der Waals surface area contributed by atoms with E-state index in [0.717, 1.165) is 36.9 Å². The van der Waals surface area contributed by atoms with E-state index < -0.39 is 24.3 Å². The largest absolute Gasteiger partial charge is 0.490 e. The minimum Gasteiger partial charge on any atom is -0.475 e. The number of nitrogens with zero attached hydrogens (tertiary/aromatic N) is 3. The van der Waals surface area contributed by atoms with Gasteiger partial charge in [-0.05, 0) is 32.1 Å². The van der Waals surface area contributed by atoms with E-state index >= 15 is 0 Å². The number of aliphatic carboxylic acids is 2. The molecule has 0 bridgehead atoms. The van der Waals surface area contributed by atoms with Crippen molar-refractivity contribution in [2.75, 3.05) is 33.3 Å². The number of aromatic nitrogens is 1. The van der Waals surface area contributed by atoms with Crippen LogP contribution < -0.4 is 0 Å². The van der Waals surface area contributed by atoms with Crippen molar-refractivity contribution in [3.8, 4) is 0 Å². The molecule has 3 atom stereocenters. The van der Waals surface area contributed by atoms with Crippen molar-refractivity contribution in [1.29, 1.82) is 0 Å². The summed E-state index contributed by atoms with van der Waals surface area (Å²) >= 11 is 0. The molecule has 15 heteroatoms. The summed E-state index contributed by atoms with van der Waals surface area (Å²) < 4.78 is 74.5. The molecule has 2 saturated heterocycles. The van der Waals surface area contributed by atoms with Gasteiger partial charge in [0.25, 0.3) is 0 Å². The number of hydrogen-bond donors (Lipinski definition) is 2. The van der Waals surface area contributed by atoms with Crippen LogP contribution in [0.1, 0.15) is 30.7 Å². The lowest BCUT2D eigenvalue weighted by atomic mass is 9.89. The molecule has 0 aromatic carbocycles. The van der Waals surface area contributed by atoms with E-state index in [4.69, 9.17) is 29.1 Å². The van der Waals surface area contributed by atoms with Gasteiger partial charge >= 0.3 is 24.3 Å². The highest BCUT2D eigenvalue weighted by atomic mass is 19.4. The highest BCUT2D eigenvalue weighted by Gasteiger charge is 2.45. The number of likely N-dealkylation sites (tertiary alicyclic amines) is 2. The van der Waals surface area contributed by atoms with Gasteiger partial charge < -0.3 is 24.4 Å². The van der Waals surface area contributed by atoms with Crippen LogP contribution in [-0.2, 0) is 20.9 Å². The minimum atomic E-state index is -5.08. The summed E-state index contributed by atoms with van der Waals surface area (Å²) in [7, 11) is 1.88. The summed E-state index contributed by atoms with van der Waals surface area (Å²) in [4.78, 5) is 23.1. The van der Waals surface area contributed by atoms with Crippen molar-refractivity contribution in [2.45, 2.75) is 57.2 Å². The molecule has 3 fully saturated rings. The number of aryl methyl sites for hydroxylation is 1. The van der Waals surface area contributed by atoms with E-state index in [1.54, 1.807) is 0 Å². The van der Waals surface area contributed by atoms with Crippen molar-refractivity contribution in [3.63, 3.8) is 0 Å². The monoisotopic (exact) mass is 533 g/mol. The first kappa shape index (κ1) is 29.8. The molecule has 1 saturated carbocycles. The molecule has 0 amide bonds. The van der Waals surface area contributed by atoms with Crippen LogP contribution in [0.5, 0.6) is 0 Å². The van der Waals surface area contributed by atoms with Crippen molar-refractivity contribution in [1.82, 2.24) is 15.0 Å². The Balaban J connectivity index is 0.000000271. The van der Waals surface area contributed by atoms with E-state index in [-0.39, 0.29) is 0 Å². The zero-order valence-corrected chi connectivity index (χ0v) is 19.7. The highest BCUT2D eigenvalue weighted by molar-refractivity contribution is 5.73. The summed E-state index contributed by atoms with van der Waals surface area (Å²) in [5, 5.41) is 18.4. The second kappa shape index (κ2) is 12.2. The number of ether oxygens (including phenoxy) is 1. The molecule has 0 radical (unpaired) electrons. The Morgan fingerprint density at radius 3 is 2.06 bits per heavy atom. The normalized spacial score (nSPS) is 24.7. The van der Waals surface area contributed by atoms with Gasteiger partial charge in [-0.25, -0.2) is 9.59 Å². The third-order valence-electron chi connectivity index (χ3n) is 6.10. The van der Waals surface area contributed by atoms with E-state index in [0.29, 0.717) is 18.1 Å². The van der Waals surface area contributed by atoms with Crippen LogP contribution in [0.15, 0.2) is 10.6 Å². The molecule has 1 aromatic heterocycles. The lowest BCUT2D eigenvalue weighted by molar-refractivity contribution is -0.193. The summed E-state index contributed by atoms with van der Waals surface area (Å²) in [6.45, 7) is 7.66. The second-order valence-electron chi connectivity index (χ2n) is 8.96. The Labute approximate surface area is 202 Å². The summed E-state index contributed by atoms with van der Waals surface area (Å²) in [5.74, 6) is -3.00. The first-order chi connectivity index (χ1) is 16.6. The van der Waals surface area contributed by atoms with Crippen LogP contribution in [0.25, 0.3) is 0 Å². The zero-order valence-electron chi connectivity index (χ0n) is 19.7. The van der Waals surface area contributed by atoms with Crippen molar-refractivity contribution >= 4 is 11.9 Å². The Kier molecular flexibility index (Phi) is 10.1. The average molecular weight is 533 g/mol. The van der Waals surface area contributed by atoms with Crippen LogP contribution in [0.3, 0.4) is 0 Å². The molecule has 3 aliphatic rings. The Bertz CT molecular complexity index is 849. The molecule has 206 valence electrons. The van der Waals surface area contributed by atoms with Crippen LogP contribution in [-0.4, -0.2) is 94.9 Å². The molecule has 36 heavy (non-hydrogen) atoms. The van der Waals surface area contributed by atoms with Crippen LogP contribution in [0, 0.1) is 18.8 Å². The summed E-state index contributed by atoms with van der Waals surface area (Å²) in [6.07, 6.45) is -5.75. The molecule has 9 nitrogen and oxygen atoms in total. The van der Waals surface area contributed by atoms with E-state index in [2.05, 4.69) is 21.0 Å². The van der Waals surface area contributed by atoms with Gasteiger partial charge in [0.05, 0.1) is 11.8 Å². The molecule has 1 aliphatic carbocycles. The minimum absolute atomic E-state index is 0.421. The van der Waals surface area contributed by atoms with Gasteiger partial charge in [-0.15, -0.1) is 0 Å². The number of carboxylic acids is 2. The maximum Gasteiger partial charge on any atom is 0.490 e. The van der Waals surface area contributed by atoms with Crippen LogP contribution in [0.2, 0.25) is 0 Å². The predicted molar refractivity (Wildman–Crippen MR) is 111 cm³/mol. The van der Waals surface area contributed by atoms with Gasteiger partial charge in [0.1, 0.15) is 5.76 Å². The third-order valence-corrected chi connectivity index (χ3v) is 6.10. The number of carbonyl (C=O) groups is 2. The molecule has 0 unspecified atom stereocenters. The van der Waals surface area contributed by atoms with Gasteiger partial charge in [0.15, 0.2) is 0 Å². The van der Waals surface area contributed by atoms with Gasteiger partial charge in [-0.2, -0.15) is 26.3 Å². The number of piperidine rings is 1. The van der Waals surface area contributed by atoms with Gasteiger partial charge in [-0.3, -0.25) is 4.90 Å². The number of carboxylic acid groups (broad SMARTS) is 2. The highest BCUT2D eigenvalue weighted by Crippen LogP contribution is 2.36. The van der Waals surface area contributed by atoms with Crippen molar-refractivity contribution < 1.29 is 55.4 Å². The molecule has 1 aromatic rings. The fourth-order valence-corrected chi connectivity index (χ4v) is 4.32. The number of alkyl halides is 6. The quantitative estimate of drug-likeness (QED) is 0.551. The maximum absolute atomic E-state index is 10.6. The Morgan fingerprint density at radius 2 is 1.64 bits per heavy atom. The standard InChI is InChI=1S/C17H27N3O2.2C2HF3O2/c1-12-7-14(18-22-12)9-20-6-5-17(21-2)15-10-19(11-16(15)20)8-13-3-4-13;2*3-2(4,5)1(6)7/h7,13,15-17H,3-6,8-11H2,1-2H3;2*(H,6,7)/t15-,16+,17-;;/m0../s1. The lowest BCUT2D eigenvalue weighted by Gasteiger charge is -2.40. The average Bonchev–Trinajstić information content (AvgIpc) is 3.31. The smallest absolute Gasteiger partial charge is 0.475 e. The molecule has 2 N–H and O–H groups in total. The second-order valence-corrected chi connectivity index (χ2v) is 8.96. The van der Waals surface area contributed by atoms with Gasteiger partial charge in [0.2, 0.25) is 0 Å². The first-order valence-corrected chi connectivity index (χ1v) is 11.1. The summed E-state index contributed by atoms with van der Waals surface area (Å²) in [6, 6.07) is 2.67. The molecular formula is C21H29F6N3O6. The van der Waals surface area contributed by atoms with Crippen molar-refractivity contribution in [3.05, 3.63) is 17.5 Å². The van der Waals surface area contributed by atoms with E-state index in [1.165, 1.54) is 32.5 Å². The topological polar surface area (TPSA) is 116 Å². The molecular weight excluding hydrogens is 504 g/mol. The Morgan fingerprint density at radius 1 is 1.08 bits per heavy atom. The van der Waals surface area contributed by atoms with Gasteiger partial charge in [-0.1, -0.05) is 5.16 Å². The van der Waals surface area contributed by atoms with Gasteiger partial charge in [0, 0.05) is 57.9 Å². The Hall–Kier alpha value is -2.39. The SMILES string of the molecule is CO[C@H]1CCN(Cc2cc(C)on2)[C@@H]2CN(CC3CC3)C[C@H]12.O=C(O)C(F)(F)F.O=C(O)C(F)(F)F. The fraction of sp³-hybridized carbons (Fsp3) is 0.762. The molecule has 3 heterocycles. The van der Waals surface area contributed by atoms with Crippen LogP contribution >= 0.6 is 0 Å². The summed E-state index contributed by atoms with van der Waals surface area (Å²) in [5.41, 5.74) is 1.06. The predicted octanol–water partition coefficient (Wildman–Crippen LogP) is 3.18. The van der Waals surface area contributed by atoms with Crippen LogP contribution in [0.4, 0.5) is 26.3 Å². The number of halogens is 6. The van der Waals surface area contributed by atoms with Crippen molar-refractivity contribution in [2.24, 2.45) is 11.8 Å². The van der Waals surface area contributed by atoms with E-state index in [9.17, 15) is 26.3 Å². The number of hydrogen-bond acceptors (Lipinski definition) is 7. The van der Waals surface area contributed by atoms with E-state index in [1.807, 2.05) is 14.0 Å². The maximum atomic E-state index is 10.6. The zero-order chi connectivity index (χ0) is 27.3. The molecule has 2 aliphatic heterocycles.